The van der Waals surface area contributed by atoms with Crippen LogP contribution in [0.2, 0.25) is 0 Å². The Bertz CT molecular complexity index is 524. The fraction of sp³-hybridized carbons (Fsp3) is 0.556. The summed E-state index contributed by atoms with van der Waals surface area (Å²) in [6, 6.07) is 10.9. The largest absolute Gasteiger partial charge is 0.459 e. The van der Waals surface area contributed by atoms with Crippen molar-refractivity contribution in [1.82, 2.24) is 4.90 Å². The molecule has 3 rings (SSSR count). The molecule has 1 unspecified atom stereocenters. The molecule has 0 amide bonds. The highest BCUT2D eigenvalue weighted by Crippen LogP contribution is 2.31. The van der Waals surface area contributed by atoms with E-state index in [0.717, 1.165) is 37.6 Å². The number of nitrogens with zero attached hydrogens (tertiary/aromatic N) is 1. The van der Waals surface area contributed by atoms with Gasteiger partial charge in [0.15, 0.2) is 0 Å². The van der Waals surface area contributed by atoms with E-state index in [-0.39, 0.29) is 0 Å². The molecule has 114 valence electrons. The highest BCUT2D eigenvalue weighted by molar-refractivity contribution is 5.77. The molecule has 1 aromatic carbocycles. The molecule has 0 N–H and O–H groups in total. The fourth-order valence-corrected chi connectivity index (χ4v) is 3.15. The van der Waals surface area contributed by atoms with Crippen LogP contribution >= 0.6 is 0 Å². The second kappa shape index (κ2) is 7.10. The summed E-state index contributed by atoms with van der Waals surface area (Å²) < 4.78 is 11.6. The predicted molar refractivity (Wildman–Crippen MR) is 85.5 cm³/mol. The first-order chi connectivity index (χ1) is 10.4. The standard InChI is InChI=1S/C18H25NO2/c1-2-3-4-8-16(19-10-12-20-13-11-19)18-14-15-7-5-6-9-17(15)21-18/h5-7,9,14,16H,2-4,8,10-13H2,1H3. The van der Waals surface area contributed by atoms with Gasteiger partial charge in [-0.05, 0) is 18.6 Å². The van der Waals surface area contributed by atoms with Crippen molar-refractivity contribution in [2.24, 2.45) is 0 Å². The zero-order valence-electron chi connectivity index (χ0n) is 12.9. The lowest BCUT2D eigenvalue weighted by molar-refractivity contribution is 0.00934. The van der Waals surface area contributed by atoms with E-state index < -0.39 is 0 Å². The molecule has 0 spiro atoms. The highest BCUT2D eigenvalue weighted by Gasteiger charge is 2.25. The smallest absolute Gasteiger partial charge is 0.134 e. The number of morpholine rings is 1. The molecule has 3 heteroatoms. The lowest BCUT2D eigenvalue weighted by atomic mass is 10.0. The minimum absolute atomic E-state index is 0.396. The molecule has 2 heterocycles. The molecule has 3 nitrogen and oxygen atoms in total. The van der Waals surface area contributed by atoms with E-state index in [1.165, 1.54) is 31.1 Å². The zero-order valence-corrected chi connectivity index (χ0v) is 12.9. The van der Waals surface area contributed by atoms with Crippen molar-refractivity contribution >= 4 is 11.0 Å². The topological polar surface area (TPSA) is 25.6 Å². The van der Waals surface area contributed by atoms with Crippen molar-refractivity contribution in [3.05, 3.63) is 36.1 Å². The van der Waals surface area contributed by atoms with Crippen LogP contribution in [0.4, 0.5) is 0 Å². The van der Waals surface area contributed by atoms with Crippen LogP contribution in [0.15, 0.2) is 34.7 Å². The van der Waals surface area contributed by atoms with Gasteiger partial charge >= 0.3 is 0 Å². The van der Waals surface area contributed by atoms with Crippen LogP contribution in [-0.4, -0.2) is 31.2 Å². The zero-order chi connectivity index (χ0) is 14.5. The monoisotopic (exact) mass is 287 g/mol. The van der Waals surface area contributed by atoms with Crippen LogP contribution in [0.25, 0.3) is 11.0 Å². The molecule has 1 aliphatic rings. The molecule has 1 aliphatic heterocycles. The van der Waals surface area contributed by atoms with E-state index >= 15 is 0 Å². The number of rotatable bonds is 6. The highest BCUT2D eigenvalue weighted by atomic mass is 16.5. The van der Waals surface area contributed by atoms with Gasteiger partial charge in [-0.25, -0.2) is 0 Å². The second-order valence-electron chi connectivity index (χ2n) is 5.85. The van der Waals surface area contributed by atoms with E-state index in [2.05, 4.69) is 36.1 Å². The van der Waals surface area contributed by atoms with Crippen LogP contribution < -0.4 is 0 Å². The van der Waals surface area contributed by atoms with E-state index in [9.17, 15) is 0 Å². The van der Waals surface area contributed by atoms with Gasteiger partial charge in [0.1, 0.15) is 11.3 Å². The normalized spacial score (nSPS) is 18.1. The van der Waals surface area contributed by atoms with Gasteiger partial charge < -0.3 is 9.15 Å². The summed E-state index contributed by atoms with van der Waals surface area (Å²) in [6.07, 6.45) is 4.99. The first-order valence-corrected chi connectivity index (χ1v) is 8.18. The Kier molecular flexibility index (Phi) is 4.94. The number of fused-ring (bicyclic) bond motifs is 1. The quantitative estimate of drug-likeness (QED) is 0.737. The Balaban J connectivity index is 1.81. The van der Waals surface area contributed by atoms with Crippen LogP contribution in [0.1, 0.15) is 44.4 Å². The Hall–Kier alpha value is -1.32. The summed E-state index contributed by atoms with van der Waals surface area (Å²) in [5, 5.41) is 1.21. The third kappa shape index (κ3) is 3.47. The predicted octanol–water partition coefficient (Wildman–Crippen LogP) is 4.39. The number of furan rings is 1. The summed E-state index contributed by atoms with van der Waals surface area (Å²) >= 11 is 0. The van der Waals surface area contributed by atoms with Crippen molar-refractivity contribution in [3.63, 3.8) is 0 Å². The second-order valence-corrected chi connectivity index (χ2v) is 5.85. The van der Waals surface area contributed by atoms with Crippen molar-refractivity contribution < 1.29 is 9.15 Å². The third-order valence-electron chi connectivity index (χ3n) is 4.34. The minimum atomic E-state index is 0.396. The Morgan fingerprint density at radius 2 is 1.95 bits per heavy atom. The van der Waals surface area contributed by atoms with E-state index in [1.807, 2.05) is 6.07 Å². The first-order valence-electron chi connectivity index (χ1n) is 8.18. The van der Waals surface area contributed by atoms with E-state index in [0.29, 0.717) is 6.04 Å². The first kappa shape index (κ1) is 14.6. The molecule has 0 saturated carbocycles. The summed E-state index contributed by atoms with van der Waals surface area (Å²) in [4.78, 5) is 2.52. The Morgan fingerprint density at radius 3 is 2.71 bits per heavy atom. The van der Waals surface area contributed by atoms with Crippen molar-refractivity contribution in [3.8, 4) is 0 Å². The molecular formula is C18H25NO2. The molecule has 0 aliphatic carbocycles. The Labute approximate surface area is 126 Å². The molecule has 0 radical (unpaired) electrons. The van der Waals surface area contributed by atoms with Crippen LogP contribution in [0.5, 0.6) is 0 Å². The lowest BCUT2D eigenvalue weighted by Crippen LogP contribution is -2.39. The maximum atomic E-state index is 6.13. The summed E-state index contributed by atoms with van der Waals surface area (Å²) in [5.41, 5.74) is 1.00. The molecule has 21 heavy (non-hydrogen) atoms. The van der Waals surface area contributed by atoms with Gasteiger partial charge in [-0.2, -0.15) is 0 Å². The van der Waals surface area contributed by atoms with Gasteiger partial charge in [-0.1, -0.05) is 44.4 Å². The van der Waals surface area contributed by atoms with E-state index in [1.54, 1.807) is 0 Å². The minimum Gasteiger partial charge on any atom is -0.459 e. The van der Waals surface area contributed by atoms with Gasteiger partial charge in [0.25, 0.3) is 0 Å². The van der Waals surface area contributed by atoms with Gasteiger partial charge in [0, 0.05) is 18.5 Å². The SMILES string of the molecule is CCCCCC(c1cc2ccccc2o1)N1CCOCC1. The van der Waals surface area contributed by atoms with Crippen LogP contribution in [0, 0.1) is 0 Å². The van der Waals surface area contributed by atoms with Crippen LogP contribution in [-0.2, 0) is 4.74 Å². The third-order valence-corrected chi connectivity index (χ3v) is 4.34. The number of ether oxygens (including phenoxy) is 1. The molecule has 1 atom stereocenters. The van der Waals surface area contributed by atoms with Crippen molar-refractivity contribution in [2.75, 3.05) is 26.3 Å². The molecule has 1 aromatic heterocycles. The van der Waals surface area contributed by atoms with Gasteiger partial charge in [0.05, 0.1) is 19.3 Å². The number of hydrogen-bond donors (Lipinski definition) is 0. The number of para-hydroxylation sites is 1. The van der Waals surface area contributed by atoms with Crippen molar-refractivity contribution in [2.45, 2.75) is 38.6 Å². The molecular weight excluding hydrogens is 262 g/mol. The van der Waals surface area contributed by atoms with Gasteiger partial charge in [0.2, 0.25) is 0 Å². The maximum Gasteiger partial charge on any atom is 0.134 e. The average molecular weight is 287 g/mol. The molecule has 2 aromatic rings. The molecule has 1 fully saturated rings. The van der Waals surface area contributed by atoms with Gasteiger partial charge in [-0.3, -0.25) is 4.90 Å². The van der Waals surface area contributed by atoms with E-state index in [4.69, 9.17) is 9.15 Å². The average Bonchev–Trinajstić information content (AvgIpc) is 2.96. The molecule has 1 saturated heterocycles. The number of hydrogen-bond acceptors (Lipinski definition) is 3. The lowest BCUT2D eigenvalue weighted by Gasteiger charge is -2.33. The molecule has 0 bridgehead atoms. The fourth-order valence-electron chi connectivity index (χ4n) is 3.15. The van der Waals surface area contributed by atoms with Gasteiger partial charge in [-0.15, -0.1) is 0 Å². The number of benzene rings is 1. The van der Waals surface area contributed by atoms with Crippen LogP contribution in [0.3, 0.4) is 0 Å². The van der Waals surface area contributed by atoms with Crippen molar-refractivity contribution in [1.29, 1.82) is 0 Å². The summed E-state index contributed by atoms with van der Waals surface area (Å²) in [7, 11) is 0. The summed E-state index contributed by atoms with van der Waals surface area (Å²) in [6.45, 7) is 5.95. The summed E-state index contributed by atoms with van der Waals surface area (Å²) in [5.74, 6) is 1.12. The Morgan fingerprint density at radius 1 is 1.14 bits per heavy atom. The maximum absolute atomic E-state index is 6.13. The number of unbranched alkanes of at least 4 members (excludes halogenated alkanes) is 2.